The van der Waals surface area contributed by atoms with Crippen LogP contribution in [0, 0.1) is 0 Å². The second-order valence-electron chi connectivity index (χ2n) is 4.81. The van der Waals surface area contributed by atoms with Gasteiger partial charge in [-0.15, -0.1) is 0 Å². The van der Waals surface area contributed by atoms with Crippen LogP contribution in [-0.4, -0.2) is 72.2 Å². The molecule has 1 aliphatic rings. The standard InChI is InChI=1S/C13H26N4O3/c1-3-11(13(14)15-19)16-6-8-17(9-7-16)12(18)5-10-20-4-2/h11,19H,3-10H2,1-2H3,(H2,14,15). The zero-order valence-corrected chi connectivity index (χ0v) is 12.4. The third-order valence-corrected chi connectivity index (χ3v) is 3.62. The van der Waals surface area contributed by atoms with Gasteiger partial charge in [0, 0.05) is 32.8 Å². The third kappa shape index (κ3) is 4.64. The summed E-state index contributed by atoms with van der Waals surface area (Å²) in [4.78, 5) is 16.0. The van der Waals surface area contributed by atoms with E-state index in [9.17, 15) is 4.79 Å². The Morgan fingerprint density at radius 3 is 2.50 bits per heavy atom. The van der Waals surface area contributed by atoms with E-state index in [2.05, 4.69) is 10.1 Å². The second-order valence-corrected chi connectivity index (χ2v) is 4.81. The normalized spacial score (nSPS) is 19.1. The van der Waals surface area contributed by atoms with Gasteiger partial charge in [0.25, 0.3) is 0 Å². The molecule has 7 heteroatoms. The molecule has 0 aliphatic carbocycles. The molecule has 1 fully saturated rings. The Balaban J connectivity index is 2.40. The van der Waals surface area contributed by atoms with Crippen molar-refractivity contribution >= 4 is 11.7 Å². The second kappa shape index (κ2) is 8.76. The van der Waals surface area contributed by atoms with Crippen molar-refractivity contribution in [1.29, 1.82) is 0 Å². The average Bonchev–Trinajstić information content (AvgIpc) is 2.48. The van der Waals surface area contributed by atoms with Crippen LogP contribution in [0.1, 0.15) is 26.7 Å². The molecule has 0 saturated carbocycles. The Labute approximate surface area is 120 Å². The lowest BCUT2D eigenvalue weighted by Crippen LogP contribution is -2.55. The molecule has 0 bridgehead atoms. The number of amidine groups is 1. The number of ether oxygens (including phenoxy) is 1. The number of nitrogens with two attached hydrogens (primary N) is 1. The quantitative estimate of drug-likeness (QED) is 0.227. The molecule has 3 N–H and O–H groups in total. The van der Waals surface area contributed by atoms with Gasteiger partial charge in [0.1, 0.15) is 0 Å². The van der Waals surface area contributed by atoms with Gasteiger partial charge in [-0.25, -0.2) is 0 Å². The highest BCUT2D eigenvalue weighted by Gasteiger charge is 2.27. The first-order chi connectivity index (χ1) is 9.63. The summed E-state index contributed by atoms with van der Waals surface area (Å²) in [6, 6.07) is -0.0549. The highest BCUT2D eigenvalue weighted by molar-refractivity contribution is 5.85. The molecular weight excluding hydrogens is 260 g/mol. The molecule has 0 radical (unpaired) electrons. The van der Waals surface area contributed by atoms with Crippen LogP contribution < -0.4 is 5.73 Å². The van der Waals surface area contributed by atoms with Crippen LogP contribution in [0.5, 0.6) is 0 Å². The van der Waals surface area contributed by atoms with E-state index in [1.165, 1.54) is 0 Å². The van der Waals surface area contributed by atoms with Crippen molar-refractivity contribution in [2.24, 2.45) is 10.9 Å². The van der Waals surface area contributed by atoms with Gasteiger partial charge in [0.05, 0.1) is 19.1 Å². The van der Waals surface area contributed by atoms with E-state index in [0.29, 0.717) is 32.7 Å². The predicted molar refractivity (Wildman–Crippen MR) is 76.8 cm³/mol. The van der Waals surface area contributed by atoms with E-state index in [4.69, 9.17) is 15.7 Å². The van der Waals surface area contributed by atoms with Gasteiger partial charge < -0.3 is 20.6 Å². The summed E-state index contributed by atoms with van der Waals surface area (Å²) in [5.74, 6) is 0.374. The monoisotopic (exact) mass is 286 g/mol. The predicted octanol–water partition coefficient (Wildman–Crippen LogP) is 0.0822. The number of amides is 1. The molecule has 1 amide bonds. The van der Waals surface area contributed by atoms with Crippen molar-refractivity contribution in [1.82, 2.24) is 9.80 Å². The smallest absolute Gasteiger partial charge is 0.224 e. The molecule has 0 aromatic carbocycles. The van der Waals surface area contributed by atoms with Crippen LogP contribution in [0.15, 0.2) is 5.16 Å². The number of hydrogen-bond donors (Lipinski definition) is 2. The Morgan fingerprint density at radius 2 is 2.00 bits per heavy atom. The molecule has 1 saturated heterocycles. The fourth-order valence-electron chi connectivity index (χ4n) is 2.47. The molecule has 1 atom stereocenters. The van der Waals surface area contributed by atoms with Crippen LogP contribution in [0.4, 0.5) is 0 Å². The molecule has 116 valence electrons. The van der Waals surface area contributed by atoms with E-state index in [1.54, 1.807) is 0 Å². The number of carbonyl (C=O) groups is 1. The Bertz CT molecular complexity index is 328. The minimum absolute atomic E-state index is 0.0549. The van der Waals surface area contributed by atoms with Gasteiger partial charge in [0.2, 0.25) is 5.91 Å². The van der Waals surface area contributed by atoms with E-state index < -0.39 is 0 Å². The van der Waals surface area contributed by atoms with E-state index in [0.717, 1.165) is 19.5 Å². The number of carbonyl (C=O) groups excluding carboxylic acids is 1. The zero-order chi connectivity index (χ0) is 15.0. The van der Waals surface area contributed by atoms with Crippen molar-refractivity contribution in [2.45, 2.75) is 32.7 Å². The topological polar surface area (TPSA) is 91.4 Å². The molecule has 1 unspecified atom stereocenters. The first-order valence-electron chi connectivity index (χ1n) is 7.21. The van der Waals surface area contributed by atoms with Gasteiger partial charge in [-0.3, -0.25) is 9.69 Å². The summed E-state index contributed by atoms with van der Waals surface area (Å²) in [5, 5.41) is 11.9. The summed E-state index contributed by atoms with van der Waals surface area (Å²) in [5.41, 5.74) is 5.70. The number of rotatable bonds is 7. The van der Waals surface area contributed by atoms with Crippen molar-refractivity contribution < 1.29 is 14.7 Å². The fourth-order valence-corrected chi connectivity index (χ4v) is 2.47. The maximum Gasteiger partial charge on any atom is 0.224 e. The van der Waals surface area contributed by atoms with Gasteiger partial charge in [-0.05, 0) is 13.3 Å². The molecule has 20 heavy (non-hydrogen) atoms. The SMILES string of the molecule is CCOCCC(=O)N1CCN(C(CC)C(N)=NO)CC1. The van der Waals surface area contributed by atoms with Crippen molar-refractivity contribution in [3.05, 3.63) is 0 Å². The molecule has 1 aliphatic heterocycles. The van der Waals surface area contributed by atoms with Gasteiger partial charge in [-0.1, -0.05) is 12.1 Å². The first-order valence-corrected chi connectivity index (χ1v) is 7.21. The van der Waals surface area contributed by atoms with Crippen LogP contribution in [0.3, 0.4) is 0 Å². The minimum Gasteiger partial charge on any atom is -0.409 e. The zero-order valence-electron chi connectivity index (χ0n) is 12.4. The van der Waals surface area contributed by atoms with E-state index >= 15 is 0 Å². The lowest BCUT2D eigenvalue weighted by molar-refractivity contribution is -0.134. The van der Waals surface area contributed by atoms with Gasteiger partial charge in [0.15, 0.2) is 5.84 Å². The summed E-state index contributed by atoms with van der Waals surface area (Å²) >= 11 is 0. The molecular formula is C13H26N4O3. The fraction of sp³-hybridized carbons (Fsp3) is 0.846. The van der Waals surface area contributed by atoms with Crippen LogP contribution >= 0.6 is 0 Å². The molecule has 0 spiro atoms. The number of oxime groups is 1. The van der Waals surface area contributed by atoms with Crippen molar-refractivity contribution in [3.63, 3.8) is 0 Å². The number of piperazine rings is 1. The molecule has 1 rings (SSSR count). The largest absolute Gasteiger partial charge is 0.409 e. The first kappa shape index (κ1) is 16.7. The molecule has 0 aromatic heterocycles. The summed E-state index contributed by atoms with van der Waals surface area (Å²) in [6.45, 7) is 7.89. The highest BCUT2D eigenvalue weighted by atomic mass is 16.5. The molecule has 1 heterocycles. The summed E-state index contributed by atoms with van der Waals surface area (Å²) < 4.78 is 5.20. The lowest BCUT2D eigenvalue weighted by atomic mass is 10.1. The summed E-state index contributed by atoms with van der Waals surface area (Å²) in [7, 11) is 0. The minimum atomic E-state index is -0.0549. The van der Waals surface area contributed by atoms with E-state index in [-0.39, 0.29) is 17.8 Å². The Kier molecular flexibility index (Phi) is 7.32. The van der Waals surface area contributed by atoms with Gasteiger partial charge in [-0.2, -0.15) is 0 Å². The average molecular weight is 286 g/mol. The summed E-state index contributed by atoms with van der Waals surface area (Å²) in [6.07, 6.45) is 1.22. The van der Waals surface area contributed by atoms with Crippen LogP contribution in [0.25, 0.3) is 0 Å². The number of hydrogen-bond acceptors (Lipinski definition) is 5. The molecule has 0 aromatic rings. The maximum absolute atomic E-state index is 11.9. The maximum atomic E-state index is 11.9. The third-order valence-electron chi connectivity index (χ3n) is 3.62. The highest BCUT2D eigenvalue weighted by Crippen LogP contribution is 2.10. The van der Waals surface area contributed by atoms with Crippen LogP contribution in [0.2, 0.25) is 0 Å². The Morgan fingerprint density at radius 1 is 1.35 bits per heavy atom. The van der Waals surface area contributed by atoms with Gasteiger partial charge >= 0.3 is 0 Å². The molecule has 7 nitrogen and oxygen atoms in total. The Hall–Kier alpha value is -1.34. The van der Waals surface area contributed by atoms with E-state index in [1.807, 2.05) is 18.7 Å². The van der Waals surface area contributed by atoms with Crippen molar-refractivity contribution in [3.8, 4) is 0 Å². The van der Waals surface area contributed by atoms with Crippen LogP contribution in [-0.2, 0) is 9.53 Å². The number of nitrogens with zero attached hydrogens (tertiary/aromatic N) is 3. The van der Waals surface area contributed by atoms with Crippen molar-refractivity contribution in [2.75, 3.05) is 39.4 Å². The lowest BCUT2D eigenvalue weighted by Gasteiger charge is -2.38.